The van der Waals surface area contributed by atoms with Gasteiger partial charge in [-0.2, -0.15) is 0 Å². The average molecular weight is 730 g/mol. The van der Waals surface area contributed by atoms with Gasteiger partial charge in [-0.1, -0.05) is 152 Å². The van der Waals surface area contributed by atoms with E-state index in [4.69, 9.17) is 8.83 Å². The van der Waals surface area contributed by atoms with Crippen LogP contribution in [0.25, 0.3) is 88.4 Å². The van der Waals surface area contributed by atoms with Gasteiger partial charge < -0.3 is 13.7 Å². The molecule has 0 N–H and O–H groups in total. The Hall–Kier alpha value is -7.62. The third-order valence-corrected chi connectivity index (χ3v) is 11.1. The van der Waals surface area contributed by atoms with Crippen LogP contribution in [0.4, 0.5) is 17.1 Å². The summed E-state index contributed by atoms with van der Waals surface area (Å²) in [6.45, 7) is 0. The summed E-state index contributed by atoms with van der Waals surface area (Å²) < 4.78 is 13.3. The topological polar surface area (TPSA) is 29.5 Å². The maximum Gasteiger partial charge on any atom is 0.137 e. The quantitative estimate of drug-likeness (QED) is 0.164. The van der Waals surface area contributed by atoms with E-state index in [1.807, 2.05) is 6.07 Å². The van der Waals surface area contributed by atoms with Gasteiger partial charge in [0.25, 0.3) is 0 Å². The summed E-state index contributed by atoms with van der Waals surface area (Å²) in [6.07, 6.45) is 0. The van der Waals surface area contributed by atoms with Crippen molar-refractivity contribution in [1.29, 1.82) is 0 Å². The van der Waals surface area contributed by atoms with Gasteiger partial charge in [-0.3, -0.25) is 0 Å². The molecule has 0 saturated heterocycles. The van der Waals surface area contributed by atoms with Gasteiger partial charge in [0.1, 0.15) is 22.3 Å². The fraction of sp³-hybridized carbons (Fsp3) is 0. The zero-order valence-corrected chi connectivity index (χ0v) is 31.0. The van der Waals surface area contributed by atoms with Crippen LogP contribution in [-0.2, 0) is 0 Å². The van der Waals surface area contributed by atoms with Crippen molar-refractivity contribution >= 4 is 60.9 Å². The first-order chi connectivity index (χ1) is 28.2. The second kappa shape index (κ2) is 13.6. The third-order valence-electron chi connectivity index (χ3n) is 11.1. The van der Waals surface area contributed by atoms with E-state index in [1.165, 1.54) is 27.8 Å². The maximum atomic E-state index is 6.66. The zero-order chi connectivity index (χ0) is 37.7. The maximum absolute atomic E-state index is 6.66. The standard InChI is InChI=1S/C54H35NO2/c1-4-11-36(12-5-1)39-19-21-40(22-20-39)42-25-30-45(31-26-42)55(44-28-23-41(24-29-44)37-13-6-2-7-14-37)49-17-10-18-50-54(49)48-35-52-47(34-53(48)56-50)46-32-27-43(33-51(46)57-52)38-15-8-3-9-16-38/h1-35H. The Balaban J connectivity index is 1.04. The molecule has 0 fully saturated rings. The lowest BCUT2D eigenvalue weighted by Crippen LogP contribution is -2.10. The molecule has 0 aliphatic carbocycles. The van der Waals surface area contributed by atoms with Crippen molar-refractivity contribution in [3.63, 3.8) is 0 Å². The lowest BCUT2D eigenvalue weighted by molar-refractivity contribution is 0.664. The molecular formula is C54H35NO2. The summed E-state index contributed by atoms with van der Waals surface area (Å²) in [4.78, 5) is 2.34. The van der Waals surface area contributed by atoms with Gasteiger partial charge in [0, 0.05) is 27.5 Å². The van der Waals surface area contributed by atoms with Crippen LogP contribution in [0.2, 0.25) is 0 Å². The molecule has 0 spiro atoms. The minimum absolute atomic E-state index is 0.826. The van der Waals surface area contributed by atoms with Crippen LogP contribution in [0, 0.1) is 0 Å². The first kappa shape index (κ1) is 32.8. The minimum atomic E-state index is 0.826. The first-order valence-electron chi connectivity index (χ1n) is 19.3. The first-order valence-corrected chi connectivity index (χ1v) is 19.3. The molecule has 0 saturated carbocycles. The van der Waals surface area contributed by atoms with E-state index in [2.05, 4.69) is 211 Å². The van der Waals surface area contributed by atoms with Crippen molar-refractivity contribution in [3.05, 3.63) is 212 Å². The number of furan rings is 2. The highest BCUT2D eigenvalue weighted by Gasteiger charge is 2.21. The Morgan fingerprint density at radius 3 is 1.21 bits per heavy atom. The lowest BCUT2D eigenvalue weighted by atomic mass is 10.00. The van der Waals surface area contributed by atoms with Crippen LogP contribution in [0.15, 0.2) is 221 Å². The van der Waals surface area contributed by atoms with Crippen LogP contribution in [-0.4, -0.2) is 0 Å². The number of benzene rings is 9. The van der Waals surface area contributed by atoms with Crippen molar-refractivity contribution in [2.24, 2.45) is 0 Å². The van der Waals surface area contributed by atoms with Crippen LogP contribution >= 0.6 is 0 Å². The van der Waals surface area contributed by atoms with Crippen LogP contribution in [0.3, 0.4) is 0 Å². The molecule has 2 heterocycles. The lowest BCUT2D eigenvalue weighted by Gasteiger charge is -2.26. The largest absolute Gasteiger partial charge is 0.456 e. The highest BCUT2D eigenvalue weighted by atomic mass is 16.3. The summed E-state index contributed by atoms with van der Waals surface area (Å²) in [5.41, 5.74) is 15.9. The van der Waals surface area contributed by atoms with Gasteiger partial charge in [-0.15, -0.1) is 0 Å². The van der Waals surface area contributed by atoms with Gasteiger partial charge in [-0.05, 0) is 105 Å². The molecule has 9 aromatic carbocycles. The van der Waals surface area contributed by atoms with Gasteiger partial charge >= 0.3 is 0 Å². The summed E-state index contributed by atoms with van der Waals surface area (Å²) in [7, 11) is 0. The summed E-state index contributed by atoms with van der Waals surface area (Å²) in [6, 6.07) is 75.0. The monoisotopic (exact) mass is 729 g/mol. The van der Waals surface area contributed by atoms with Crippen molar-refractivity contribution < 1.29 is 8.83 Å². The van der Waals surface area contributed by atoms with E-state index in [0.717, 1.165) is 77.6 Å². The third kappa shape index (κ3) is 5.85. The minimum Gasteiger partial charge on any atom is -0.456 e. The molecule has 0 bridgehead atoms. The Kier molecular flexibility index (Phi) is 7.82. The number of fused-ring (bicyclic) bond motifs is 6. The molecule has 268 valence electrons. The fourth-order valence-corrected chi connectivity index (χ4v) is 8.22. The van der Waals surface area contributed by atoms with E-state index in [-0.39, 0.29) is 0 Å². The molecule has 2 aromatic heterocycles. The Labute approximate surface area is 330 Å². The summed E-state index contributed by atoms with van der Waals surface area (Å²) >= 11 is 0. The number of nitrogens with zero attached hydrogens (tertiary/aromatic N) is 1. The van der Waals surface area contributed by atoms with Crippen molar-refractivity contribution in [2.45, 2.75) is 0 Å². The normalized spacial score (nSPS) is 11.5. The Morgan fingerprint density at radius 2 is 0.667 bits per heavy atom. The second-order valence-electron chi connectivity index (χ2n) is 14.5. The smallest absolute Gasteiger partial charge is 0.137 e. The molecule has 3 nitrogen and oxygen atoms in total. The van der Waals surface area contributed by atoms with E-state index in [9.17, 15) is 0 Å². The molecule has 11 rings (SSSR count). The van der Waals surface area contributed by atoms with Crippen LogP contribution in [0.1, 0.15) is 0 Å². The number of hydrogen-bond donors (Lipinski definition) is 0. The second-order valence-corrected chi connectivity index (χ2v) is 14.5. The van der Waals surface area contributed by atoms with Crippen LogP contribution in [0.5, 0.6) is 0 Å². The molecule has 0 aliphatic heterocycles. The molecule has 3 heteroatoms. The molecule has 0 unspecified atom stereocenters. The summed E-state index contributed by atoms with van der Waals surface area (Å²) in [5, 5.41) is 4.16. The Morgan fingerprint density at radius 1 is 0.263 bits per heavy atom. The van der Waals surface area contributed by atoms with Gasteiger partial charge in [-0.25, -0.2) is 0 Å². The van der Waals surface area contributed by atoms with E-state index < -0.39 is 0 Å². The molecular weight excluding hydrogens is 695 g/mol. The Bertz CT molecular complexity index is 3180. The highest BCUT2D eigenvalue weighted by Crippen LogP contribution is 2.45. The highest BCUT2D eigenvalue weighted by molar-refractivity contribution is 6.19. The average Bonchev–Trinajstić information content (AvgIpc) is 3.84. The molecule has 0 aliphatic rings. The predicted molar refractivity (Wildman–Crippen MR) is 237 cm³/mol. The molecule has 0 atom stereocenters. The molecule has 11 aromatic rings. The molecule has 0 radical (unpaired) electrons. The number of hydrogen-bond acceptors (Lipinski definition) is 3. The molecule has 57 heavy (non-hydrogen) atoms. The fourth-order valence-electron chi connectivity index (χ4n) is 8.22. The van der Waals surface area contributed by atoms with Gasteiger partial charge in [0.2, 0.25) is 0 Å². The summed E-state index contributed by atoms with van der Waals surface area (Å²) in [5.74, 6) is 0. The van der Waals surface area contributed by atoms with E-state index in [1.54, 1.807) is 0 Å². The van der Waals surface area contributed by atoms with Crippen molar-refractivity contribution in [3.8, 4) is 44.5 Å². The van der Waals surface area contributed by atoms with Crippen LogP contribution < -0.4 is 4.90 Å². The number of rotatable bonds is 7. The zero-order valence-electron chi connectivity index (χ0n) is 31.0. The van der Waals surface area contributed by atoms with Crippen molar-refractivity contribution in [2.75, 3.05) is 4.90 Å². The van der Waals surface area contributed by atoms with Crippen molar-refractivity contribution in [1.82, 2.24) is 0 Å². The van der Waals surface area contributed by atoms with Gasteiger partial charge in [0.15, 0.2) is 0 Å². The number of anilines is 3. The molecule has 0 amide bonds. The van der Waals surface area contributed by atoms with E-state index in [0.29, 0.717) is 0 Å². The predicted octanol–water partition coefficient (Wildman–Crippen LogP) is 15.6. The van der Waals surface area contributed by atoms with Gasteiger partial charge in [0.05, 0.1) is 11.1 Å². The van der Waals surface area contributed by atoms with E-state index >= 15 is 0 Å². The SMILES string of the molecule is c1ccc(-c2ccc(-c3ccc(N(c4ccc(-c5ccccc5)cc4)c4cccc5oc6cc7c(cc6c45)oc4cc(-c5ccccc5)ccc47)cc3)cc2)cc1.